The fraction of sp³-hybridized carbons (Fsp3) is 1.00. The zero-order valence-corrected chi connectivity index (χ0v) is 23.3. The van der Waals surface area contributed by atoms with E-state index in [-0.39, 0.29) is 0 Å². The molecule has 7 heteroatoms. The topological polar surface area (TPSA) is 52.8 Å². The van der Waals surface area contributed by atoms with E-state index >= 15 is 0 Å². The van der Waals surface area contributed by atoms with Crippen LogP contribution in [0.4, 0.5) is 0 Å². The fourth-order valence-electron chi connectivity index (χ4n) is 8.83. The first-order chi connectivity index (χ1) is 15.8. The van der Waals surface area contributed by atoms with E-state index in [4.69, 9.17) is 23.1 Å². The highest BCUT2D eigenvalue weighted by atomic mass is 28.4. The Balaban J connectivity index is 1.05. The van der Waals surface area contributed by atoms with Gasteiger partial charge in [-0.3, -0.25) is 0 Å². The molecule has 6 aliphatic rings. The molecule has 0 aromatic heterocycles. The van der Waals surface area contributed by atoms with Crippen molar-refractivity contribution in [3.63, 3.8) is 0 Å². The minimum Gasteiger partial charge on any atom is -0.455 e. The van der Waals surface area contributed by atoms with Gasteiger partial charge >= 0.3 is 0 Å². The SMILES string of the molecule is C[Si](C)(O[Si](C)(C)C1CC2CC(COCC3CO3)C1C2)C1CC2CC(COCC3CO3)C1C2. The lowest BCUT2D eigenvalue weighted by Gasteiger charge is -2.47. The molecule has 0 amide bonds. The molecule has 0 spiro atoms. The first-order valence-electron chi connectivity index (χ1n) is 13.9. The Labute approximate surface area is 202 Å². The summed E-state index contributed by atoms with van der Waals surface area (Å²) in [5.41, 5.74) is 1.65. The molecule has 6 rings (SSSR count). The van der Waals surface area contributed by atoms with Gasteiger partial charge in [-0.1, -0.05) is 0 Å². The van der Waals surface area contributed by atoms with Crippen molar-refractivity contribution in [1.29, 1.82) is 0 Å². The van der Waals surface area contributed by atoms with Gasteiger partial charge in [0.05, 0.1) is 26.4 Å². The lowest BCUT2D eigenvalue weighted by atomic mass is 9.89. The molecule has 0 radical (unpaired) electrons. The van der Waals surface area contributed by atoms with E-state index in [1.54, 1.807) is 0 Å². The number of fused-ring (bicyclic) bond motifs is 4. The smallest absolute Gasteiger partial charge is 0.176 e. The van der Waals surface area contributed by atoms with Gasteiger partial charge in [0.2, 0.25) is 0 Å². The third-order valence-corrected chi connectivity index (χ3v) is 19.4. The summed E-state index contributed by atoms with van der Waals surface area (Å²) in [7, 11) is -3.53. The molecule has 0 aromatic rings. The summed E-state index contributed by atoms with van der Waals surface area (Å²) < 4.78 is 30.3. The second kappa shape index (κ2) is 8.96. The highest BCUT2D eigenvalue weighted by Crippen LogP contribution is 2.61. The van der Waals surface area contributed by atoms with Gasteiger partial charge in [-0.2, -0.15) is 0 Å². The normalized spacial score (nSPS) is 45.8. The second-order valence-corrected chi connectivity index (χ2v) is 22.2. The molecule has 5 nitrogen and oxygen atoms in total. The molecule has 2 saturated heterocycles. The van der Waals surface area contributed by atoms with E-state index in [1.807, 2.05) is 0 Å². The van der Waals surface area contributed by atoms with Gasteiger partial charge in [0, 0.05) is 13.2 Å². The molecular weight excluding hydrogens is 448 g/mol. The molecule has 188 valence electrons. The Morgan fingerprint density at radius 3 is 1.39 bits per heavy atom. The van der Waals surface area contributed by atoms with Gasteiger partial charge in [-0.25, -0.2) is 0 Å². The zero-order chi connectivity index (χ0) is 22.8. The van der Waals surface area contributed by atoms with E-state index in [0.717, 1.165) is 86.2 Å². The van der Waals surface area contributed by atoms with Crippen molar-refractivity contribution in [3.05, 3.63) is 0 Å². The lowest BCUT2D eigenvalue weighted by Crippen LogP contribution is -2.53. The number of hydrogen-bond donors (Lipinski definition) is 0. The molecule has 4 bridgehead atoms. The van der Waals surface area contributed by atoms with Gasteiger partial charge in [0.15, 0.2) is 16.6 Å². The quantitative estimate of drug-likeness (QED) is 0.280. The Bertz CT molecular complexity index is 651. The molecule has 4 saturated carbocycles. The van der Waals surface area contributed by atoms with Crippen LogP contribution < -0.4 is 0 Å². The van der Waals surface area contributed by atoms with E-state index in [2.05, 4.69) is 26.2 Å². The van der Waals surface area contributed by atoms with Crippen molar-refractivity contribution in [2.45, 2.75) is 88.0 Å². The van der Waals surface area contributed by atoms with Crippen LogP contribution in [-0.2, 0) is 23.1 Å². The molecule has 4 aliphatic carbocycles. The third-order valence-electron chi connectivity index (χ3n) is 10.3. The average molecular weight is 495 g/mol. The molecule has 10 atom stereocenters. The second-order valence-electron chi connectivity index (χ2n) is 13.5. The summed E-state index contributed by atoms with van der Waals surface area (Å²) in [4.78, 5) is 0. The zero-order valence-electron chi connectivity index (χ0n) is 21.3. The van der Waals surface area contributed by atoms with Gasteiger partial charge in [-0.05, 0) is 111 Å². The van der Waals surface area contributed by atoms with Crippen LogP contribution in [0, 0.1) is 35.5 Å². The average Bonchev–Trinajstić information content (AvgIpc) is 3.57. The molecule has 10 unspecified atom stereocenters. The molecule has 0 aromatic carbocycles. The van der Waals surface area contributed by atoms with Crippen LogP contribution in [0.5, 0.6) is 0 Å². The summed E-state index contributed by atoms with van der Waals surface area (Å²) in [6.45, 7) is 15.6. The highest BCUT2D eigenvalue weighted by Gasteiger charge is 2.57. The van der Waals surface area contributed by atoms with E-state index in [0.29, 0.717) is 12.2 Å². The van der Waals surface area contributed by atoms with Crippen molar-refractivity contribution < 1.29 is 23.1 Å². The van der Waals surface area contributed by atoms with Gasteiger partial charge < -0.3 is 23.1 Å². The summed E-state index contributed by atoms with van der Waals surface area (Å²) in [5, 5.41) is 0. The molecule has 33 heavy (non-hydrogen) atoms. The van der Waals surface area contributed by atoms with E-state index < -0.39 is 16.6 Å². The van der Waals surface area contributed by atoms with E-state index in [1.165, 1.54) is 38.5 Å². The first-order valence-corrected chi connectivity index (χ1v) is 19.8. The van der Waals surface area contributed by atoms with Crippen LogP contribution in [-0.4, -0.2) is 68.5 Å². The van der Waals surface area contributed by atoms with Crippen LogP contribution in [0.3, 0.4) is 0 Å². The van der Waals surface area contributed by atoms with Crippen molar-refractivity contribution in [2.75, 3.05) is 39.6 Å². The van der Waals surface area contributed by atoms with Crippen LogP contribution in [0.15, 0.2) is 0 Å². The summed E-state index contributed by atoms with van der Waals surface area (Å²) in [6.07, 6.45) is 9.25. The number of ether oxygens (including phenoxy) is 4. The monoisotopic (exact) mass is 494 g/mol. The van der Waals surface area contributed by atoms with Gasteiger partial charge in [0.1, 0.15) is 12.2 Å². The summed E-state index contributed by atoms with van der Waals surface area (Å²) in [6, 6.07) is 0. The standard InChI is InChI=1S/C26H46O5Si2/c1-32(2,25-9-17-5-19(23(25)7-17)11-27-13-21-15-29-21)31-33(3,4)26-10-18-6-20(24(26)8-18)12-28-14-22-16-30-22/h17-26H,5-16H2,1-4H3. The van der Waals surface area contributed by atoms with Crippen molar-refractivity contribution >= 4 is 16.6 Å². The minimum atomic E-state index is -1.77. The summed E-state index contributed by atoms with van der Waals surface area (Å²) >= 11 is 0. The van der Waals surface area contributed by atoms with Crippen LogP contribution in [0.25, 0.3) is 0 Å². The first kappa shape index (κ1) is 23.6. The predicted octanol–water partition coefficient (Wildman–Crippen LogP) is 5.08. The van der Waals surface area contributed by atoms with Gasteiger partial charge in [0.25, 0.3) is 0 Å². The number of epoxide rings is 2. The highest BCUT2D eigenvalue weighted by molar-refractivity contribution is 6.86. The molecule has 2 heterocycles. The van der Waals surface area contributed by atoms with E-state index in [9.17, 15) is 0 Å². The molecule has 2 aliphatic heterocycles. The number of rotatable bonds is 12. The maximum absolute atomic E-state index is 7.46. The Kier molecular flexibility index (Phi) is 6.42. The Hall–Kier alpha value is 0.234. The lowest BCUT2D eigenvalue weighted by molar-refractivity contribution is 0.0657. The van der Waals surface area contributed by atoms with Gasteiger partial charge in [-0.15, -0.1) is 0 Å². The maximum Gasteiger partial charge on any atom is 0.176 e. The predicted molar refractivity (Wildman–Crippen MR) is 133 cm³/mol. The molecular formula is C26H46O5Si2. The van der Waals surface area contributed by atoms with Crippen LogP contribution >= 0.6 is 0 Å². The van der Waals surface area contributed by atoms with Crippen molar-refractivity contribution in [1.82, 2.24) is 0 Å². The Morgan fingerprint density at radius 2 is 1.03 bits per heavy atom. The minimum absolute atomic E-state index is 0.387. The van der Waals surface area contributed by atoms with Crippen molar-refractivity contribution in [3.8, 4) is 0 Å². The van der Waals surface area contributed by atoms with Crippen LogP contribution in [0.1, 0.15) is 38.5 Å². The largest absolute Gasteiger partial charge is 0.455 e. The maximum atomic E-state index is 7.46. The third kappa shape index (κ3) is 5.07. The summed E-state index contributed by atoms with van der Waals surface area (Å²) in [5.74, 6) is 5.04. The Morgan fingerprint density at radius 1 is 0.606 bits per heavy atom. The molecule has 6 fully saturated rings. The molecule has 0 N–H and O–H groups in total. The van der Waals surface area contributed by atoms with Crippen LogP contribution in [0.2, 0.25) is 37.3 Å². The fourth-order valence-corrected chi connectivity index (χ4v) is 20.1. The van der Waals surface area contributed by atoms with Crippen molar-refractivity contribution in [2.24, 2.45) is 35.5 Å². The number of hydrogen-bond acceptors (Lipinski definition) is 5.